The molecule has 1 N–H and O–H groups in total. The summed E-state index contributed by atoms with van der Waals surface area (Å²) in [4.78, 5) is 10.7. The average molecular weight is 229 g/mol. The van der Waals surface area contributed by atoms with Crippen molar-refractivity contribution in [1.29, 1.82) is 0 Å². The third-order valence-corrected chi connectivity index (χ3v) is 2.57. The van der Waals surface area contributed by atoms with Crippen LogP contribution in [0.5, 0.6) is 0 Å². The van der Waals surface area contributed by atoms with Gasteiger partial charge in [0.2, 0.25) is 0 Å². The highest BCUT2D eigenvalue weighted by Gasteiger charge is 2.26. The standard InChI is InChI=1S/C9H9BrO2/c10-9(6-11,7-12)8-4-2-1-3-5-8/h1-6,12H,7H2. The molecule has 0 saturated heterocycles. The van der Waals surface area contributed by atoms with Gasteiger partial charge in [-0.15, -0.1) is 0 Å². The number of carbonyl (C=O) groups is 1. The SMILES string of the molecule is O=CC(Br)(CO)c1ccccc1. The molecule has 0 aromatic heterocycles. The monoisotopic (exact) mass is 228 g/mol. The maximum atomic E-state index is 10.7. The highest BCUT2D eigenvalue weighted by Crippen LogP contribution is 2.27. The quantitative estimate of drug-likeness (QED) is 0.629. The molecule has 1 aromatic carbocycles. The van der Waals surface area contributed by atoms with E-state index in [1.807, 2.05) is 18.2 Å². The third-order valence-electron chi connectivity index (χ3n) is 1.67. The van der Waals surface area contributed by atoms with Gasteiger partial charge in [0, 0.05) is 0 Å². The number of benzene rings is 1. The van der Waals surface area contributed by atoms with Crippen molar-refractivity contribution in [1.82, 2.24) is 0 Å². The van der Waals surface area contributed by atoms with Crippen LogP contribution in [0.4, 0.5) is 0 Å². The van der Waals surface area contributed by atoms with E-state index in [0.29, 0.717) is 6.29 Å². The fraction of sp³-hybridized carbons (Fsp3) is 0.222. The molecule has 0 fully saturated rings. The van der Waals surface area contributed by atoms with Crippen LogP contribution in [-0.4, -0.2) is 18.0 Å². The lowest BCUT2D eigenvalue weighted by atomic mass is 10.0. The Bertz CT molecular complexity index is 260. The van der Waals surface area contributed by atoms with Gasteiger partial charge in [-0.25, -0.2) is 0 Å². The van der Waals surface area contributed by atoms with Crippen LogP contribution in [0, 0.1) is 0 Å². The highest BCUT2D eigenvalue weighted by atomic mass is 79.9. The van der Waals surface area contributed by atoms with Gasteiger partial charge in [0.1, 0.15) is 10.6 Å². The van der Waals surface area contributed by atoms with Crippen molar-refractivity contribution in [3.05, 3.63) is 35.9 Å². The van der Waals surface area contributed by atoms with Gasteiger partial charge < -0.3 is 9.90 Å². The van der Waals surface area contributed by atoms with Crippen LogP contribution in [0.15, 0.2) is 30.3 Å². The van der Waals surface area contributed by atoms with E-state index in [1.165, 1.54) is 0 Å². The van der Waals surface area contributed by atoms with Crippen molar-refractivity contribution in [3.63, 3.8) is 0 Å². The van der Waals surface area contributed by atoms with E-state index in [4.69, 9.17) is 5.11 Å². The Morgan fingerprint density at radius 3 is 2.42 bits per heavy atom. The molecule has 1 aromatic rings. The van der Waals surface area contributed by atoms with E-state index in [9.17, 15) is 4.79 Å². The maximum Gasteiger partial charge on any atom is 0.143 e. The molecule has 0 heterocycles. The number of aliphatic hydroxyl groups excluding tert-OH is 1. The van der Waals surface area contributed by atoms with E-state index < -0.39 is 4.32 Å². The maximum absolute atomic E-state index is 10.7. The minimum Gasteiger partial charge on any atom is -0.394 e. The van der Waals surface area contributed by atoms with E-state index in [-0.39, 0.29) is 6.61 Å². The van der Waals surface area contributed by atoms with Crippen molar-refractivity contribution < 1.29 is 9.90 Å². The predicted molar refractivity (Wildman–Crippen MR) is 50.2 cm³/mol. The van der Waals surface area contributed by atoms with Gasteiger partial charge in [0.25, 0.3) is 0 Å². The van der Waals surface area contributed by atoms with Crippen LogP contribution in [0.1, 0.15) is 5.56 Å². The van der Waals surface area contributed by atoms with Crippen molar-refractivity contribution in [2.24, 2.45) is 0 Å². The molecular weight excluding hydrogens is 220 g/mol. The average Bonchev–Trinajstić information content (AvgIpc) is 2.18. The number of carbonyl (C=O) groups excluding carboxylic acids is 1. The molecular formula is C9H9BrO2. The lowest BCUT2D eigenvalue weighted by Gasteiger charge is -2.17. The summed E-state index contributed by atoms with van der Waals surface area (Å²) >= 11 is 3.17. The first-order valence-corrected chi connectivity index (χ1v) is 4.34. The molecule has 0 aliphatic rings. The second-order valence-corrected chi connectivity index (χ2v) is 3.92. The smallest absolute Gasteiger partial charge is 0.143 e. The normalized spacial score (nSPS) is 15.2. The van der Waals surface area contributed by atoms with Gasteiger partial charge in [-0.2, -0.15) is 0 Å². The highest BCUT2D eigenvalue weighted by molar-refractivity contribution is 9.10. The first-order chi connectivity index (χ1) is 5.73. The molecule has 0 aliphatic carbocycles. The number of hydrogen-bond acceptors (Lipinski definition) is 2. The molecule has 0 amide bonds. The number of aldehydes is 1. The Morgan fingerprint density at radius 1 is 1.42 bits per heavy atom. The molecule has 1 unspecified atom stereocenters. The van der Waals surface area contributed by atoms with Gasteiger partial charge >= 0.3 is 0 Å². The summed E-state index contributed by atoms with van der Waals surface area (Å²) in [6, 6.07) is 9.09. The predicted octanol–water partition coefficient (Wildman–Crippen LogP) is 1.47. The Balaban J connectivity index is 3.03. The van der Waals surface area contributed by atoms with Crippen molar-refractivity contribution >= 4 is 22.2 Å². The van der Waals surface area contributed by atoms with Crippen LogP contribution < -0.4 is 0 Å². The summed E-state index contributed by atoms with van der Waals surface area (Å²) in [5.74, 6) is 0. The number of rotatable bonds is 3. The summed E-state index contributed by atoms with van der Waals surface area (Å²) in [5.41, 5.74) is 0.766. The molecule has 2 nitrogen and oxygen atoms in total. The van der Waals surface area contributed by atoms with E-state index in [1.54, 1.807) is 12.1 Å². The molecule has 0 radical (unpaired) electrons. The number of hydrogen-bond donors (Lipinski definition) is 1. The van der Waals surface area contributed by atoms with Crippen LogP contribution >= 0.6 is 15.9 Å². The molecule has 0 aliphatic heterocycles. The Labute approximate surface area is 79.3 Å². The number of alkyl halides is 1. The van der Waals surface area contributed by atoms with Crippen LogP contribution in [0.2, 0.25) is 0 Å². The Morgan fingerprint density at radius 2 is 2.00 bits per heavy atom. The zero-order chi connectivity index (χ0) is 9.03. The zero-order valence-electron chi connectivity index (χ0n) is 6.40. The minimum atomic E-state index is -0.936. The first-order valence-electron chi connectivity index (χ1n) is 3.54. The van der Waals surface area contributed by atoms with Crippen LogP contribution in [0.25, 0.3) is 0 Å². The Hall–Kier alpha value is -0.670. The second kappa shape index (κ2) is 3.83. The van der Waals surface area contributed by atoms with Crippen molar-refractivity contribution in [2.75, 3.05) is 6.61 Å². The summed E-state index contributed by atoms with van der Waals surface area (Å²) < 4.78 is -0.936. The summed E-state index contributed by atoms with van der Waals surface area (Å²) in [5, 5.41) is 8.96. The van der Waals surface area contributed by atoms with Gasteiger partial charge in [0.05, 0.1) is 6.61 Å². The van der Waals surface area contributed by atoms with Gasteiger partial charge in [-0.1, -0.05) is 46.3 Å². The molecule has 1 rings (SSSR count). The van der Waals surface area contributed by atoms with Crippen molar-refractivity contribution in [3.8, 4) is 0 Å². The fourth-order valence-electron chi connectivity index (χ4n) is 0.912. The topological polar surface area (TPSA) is 37.3 Å². The molecule has 0 spiro atoms. The second-order valence-electron chi connectivity index (χ2n) is 2.50. The number of halogens is 1. The third kappa shape index (κ3) is 1.73. The van der Waals surface area contributed by atoms with Crippen LogP contribution in [-0.2, 0) is 9.12 Å². The number of aliphatic hydroxyl groups is 1. The summed E-state index contributed by atoms with van der Waals surface area (Å²) in [6.45, 7) is -0.236. The van der Waals surface area contributed by atoms with Crippen molar-refractivity contribution in [2.45, 2.75) is 4.32 Å². The molecule has 1 atom stereocenters. The van der Waals surface area contributed by atoms with E-state index >= 15 is 0 Å². The van der Waals surface area contributed by atoms with Gasteiger partial charge in [0.15, 0.2) is 0 Å². The minimum absolute atomic E-state index is 0.236. The van der Waals surface area contributed by atoms with E-state index in [2.05, 4.69) is 15.9 Å². The molecule has 64 valence electrons. The molecule has 3 heteroatoms. The fourth-order valence-corrected chi connectivity index (χ4v) is 1.18. The summed E-state index contributed by atoms with van der Waals surface area (Å²) in [7, 11) is 0. The lowest BCUT2D eigenvalue weighted by molar-refractivity contribution is -0.110. The van der Waals surface area contributed by atoms with Crippen LogP contribution in [0.3, 0.4) is 0 Å². The molecule has 12 heavy (non-hydrogen) atoms. The lowest BCUT2D eigenvalue weighted by Crippen LogP contribution is -2.24. The van der Waals surface area contributed by atoms with E-state index in [0.717, 1.165) is 5.56 Å². The molecule has 0 bridgehead atoms. The largest absolute Gasteiger partial charge is 0.394 e. The van der Waals surface area contributed by atoms with Gasteiger partial charge in [-0.05, 0) is 5.56 Å². The Kier molecular flexibility index (Phi) is 3.00. The summed E-state index contributed by atoms with van der Waals surface area (Å²) in [6.07, 6.45) is 0.697. The molecule has 0 saturated carbocycles. The first kappa shape index (κ1) is 9.42. The van der Waals surface area contributed by atoms with Gasteiger partial charge in [-0.3, -0.25) is 0 Å². The zero-order valence-corrected chi connectivity index (χ0v) is 7.99.